The summed E-state index contributed by atoms with van der Waals surface area (Å²) < 4.78 is 5.66. The quantitative estimate of drug-likeness (QED) is 0.380. The Morgan fingerprint density at radius 1 is 1.30 bits per heavy atom. The smallest absolute Gasteiger partial charge is 0.191 e. The molecule has 0 amide bonds. The molecule has 3 unspecified atom stereocenters. The molecule has 0 radical (unpaired) electrons. The first kappa shape index (κ1) is 21.0. The van der Waals surface area contributed by atoms with Crippen LogP contribution in [0.1, 0.15) is 46.5 Å². The first-order valence-electron chi connectivity index (χ1n) is 9.07. The first-order chi connectivity index (χ1) is 10.7. The molecule has 2 N–H and O–H groups in total. The summed E-state index contributed by atoms with van der Waals surface area (Å²) >= 11 is 0. The molecule has 136 valence electrons. The summed E-state index contributed by atoms with van der Waals surface area (Å²) in [7, 11) is 0. The van der Waals surface area contributed by atoms with E-state index >= 15 is 0 Å². The van der Waals surface area contributed by atoms with Gasteiger partial charge in [-0.05, 0) is 52.0 Å². The minimum Gasteiger partial charge on any atom is -0.376 e. The number of hydrogen-bond acceptors (Lipinski definition) is 3. The van der Waals surface area contributed by atoms with Gasteiger partial charge < -0.3 is 15.4 Å². The van der Waals surface area contributed by atoms with Gasteiger partial charge in [0.1, 0.15) is 0 Å². The van der Waals surface area contributed by atoms with Crippen molar-refractivity contribution in [2.75, 3.05) is 39.3 Å². The second-order valence-corrected chi connectivity index (χ2v) is 6.83. The molecule has 0 aliphatic carbocycles. The van der Waals surface area contributed by atoms with Crippen LogP contribution in [0.4, 0.5) is 0 Å². The number of guanidine groups is 1. The molecule has 2 heterocycles. The first-order valence-corrected chi connectivity index (χ1v) is 9.07. The van der Waals surface area contributed by atoms with Gasteiger partial charge in [-0.25, -0.2) is 0 Å². The number of halogens is 1. The Balaban J connectivity index is 0.00000264. The van der Waals surface area contributed by atoms with E-state index in [4.69, 9.17) is 9.73 Å². The van der Waals surface area contributed by atoms with E-state index in [9.17, 15) is 0 Å². The topological polar surface area (TPSA) is 48.9 Å². The van der Waals surface area contributed by atoms with Crippen LogP contribution in [0.2, 0.25) is 0 Å². The zero-order valence-electron chi connectivity index (χ0n) is 15.0. The standard InChI is InChI=1S/C17H34N4O.HI/c1-4-18-17(20-12-16-8-6-10-22-16)19-11-15(3)21-9-5-7-14(2)13-21;/h14-16H,4-13H2,1-3H3,(H2,18,19,20);1H. The van der Waals surface area contributed by atoms with E-state index in [-0.39, 0.29) is 24.0 Å². The van der Waals surface area contributed by atoms with Crippen molar-refractivity contribution in [3.63, 3.8) is 0 Å². The number of hydrogen-bond donors (Lipinski definition) is 2. The van der Waals surface area contributed by atoms with E-state index in [2.05, 4.69) is 36.3 Å². The predicted octanol–water partition coefficient (Wildman–Crippen LogP) is 2.46. The van der Waals surface area contributed by atoms with Crippen LogP contribution in [-0.2, 0) is 4.74 Å². The van der Waals surface area contributed by atoms with Crippen LogP contribution in [0.3, 0.4) is 0 Å². The predicted molar refractivity (Wildman–Crippen MR) is 108 cm³/mol. The van der Waals surface area contributed by atoms with Crippen molar-refractivity contribution in [2.45, 2.75) is 58.6 Å². The fourth-order valence-electron chi connectivity index (χ4n) is 3.32. The molecular formula is C17H35IN4O. The lowest BCUT2D eigenvalue weighted by Crippen LogP contribution is -2.44. The molecule has 0 spiro atoms. The lowest BCUT2D eigenvalue weighted by molar-refractivity contribution is 0.113. The highest BCUT2D eigenvalue weighted by molar-refractivity contribution is 14.0. The van der Waals surface area contributed by atoms with Crippen LogP contribution < -0.4 is 10.6 Å². The summed E-state index contributed by atoms with van der Waals surface area (Å²) in [6.07, 6.45) is 5.40. The number of nitrogens with one attached hydrogen (secondary N) is 2. The van der Waals surface area contributed by atoms with Gasteiger partial charge in [0.05, 0.1) is 12.6 Å². The third-order valence-electron chi connectivity index (χ3n) is 4.69. The molecule has 2 fully saturated rings. The molecule has 23 heavy (non-hydrogen) atoms. The van der Waals surface area contributed by atoms with Gasteiger partial charge >= 0.3 is 0 Å². The van der Waals surface area contributed by atoms with Crippen LogP contribution >= 0.6 is 24.0 Å². The van der Waals surface area contributed by atoms with E-state index in [1.807, 2.05) is 0 Å². The van der Waals surface area contributed by atoms with Crippen LogP contribution in [0.15, 0.2) is 4.99 Å². The fourth-order valence-corrected chi connectivity index (χ4v) is 3.32. The summed E-state index contributed by atoms with van der Waals surface area (Å²) in [6, 6.07) is 0.515. The molecule has 0 aromatic carbocycles. The maximum Gasteiger partial charge on any atom is 0.191 e. The van der Waals surface area contributed by atoms with Gasteiger partial charge in [0.2, 0.25) is 0 Å². The lowest BCUT2D eigenvalue weighted by atomic mass is 9.99. The van der Waals surface area contributed by atoms with Crippen molar-refractivity contribution in [2.24, 2.45) is 10.9 Å². The lowest BCUT2D eigenvalue weighted by Gasteiger charge is -2.35. The summed E-state index contributed by atoms with van der Waals surface area (Å²) in [5.41, 5.74) is 0. The molecule has 3 atom stereocenters. The molecule has 0 bridgehead atoms. The summed E-state index contributed by atoms with van der Waals surface area (Å²) in [6.45, 7) is 12.7. The molecule has 6 heteroatoms. The molecule has 2 aliphatic rings. The maximum absolute atomic E-state index is 5.66. The number of rotatable bonds is 6. The fraction of sp³-hybridized carbons (Fsp3) is 0.941. The zero-order chi connectivity index (χ0) is 15.8. The zero-order valence-corrected chi connectivity index (χ0v) is 17.3. The Morgan fingerprint density at radius 2 is 2.13 bits per heavy atom. The highest BCUT2D eigenvalue weighted by Gasteiger charge is 2.21. The Hall–Kier alpha value is -0.0800. The van der Waals surface area contributed by atoms with E-state index in [0.717, 1.165) is 44.5 Å². The Morgan fingerprint density at radius 3 is 2.78 bits per heavy atom. The van der Waals surface area contributed by atoms with Gasteiger partial charge in [-0.2, -0.15) is 0 Å². The van der Waals surface area contributed by atoms with Crippen molar-refractivity contribution in [1.29, 1.82) is 0 Å². The molecular weight excluding hydrogens is 403 g/mol. The van der Waals surface area contributed by atoms with Crippen LogP contribution in [0, 0.1) is 5.92 Å². The van der Waals surface area contributed by atoms with Gasteiger partial charge in [0.25, 0.3) is 0 Å². The second-order valence-electron chi connectivity index (χ2n) is 6.83. The Bertz CT molecular complexity index is 347. The minimum atomic E-state index is 0. The molecule has 2 saturated heterocycles. The van der Waals surface area contributed by atoms with Crippen LogP contribution in [0.25, 0.3) is 0 Å². The third-order valence-corrected chi connectivity index (χ3v) is 4.69. The molecule has 0 aromatic rings. The molecule has 2 rings (SSSR count). The monoisotopic (exact) mass is 438 g/mol. The molecule has 0 aromatic heterocycles. The second kappa shape index (κ2) is 11.5. The number of likely N-dealkylation sites (tertiary alicyclic amines) is 1. The summed E-state index contributed by atoms with van der Waals surface area (Å²) in [5, 5.41) is 6.76. The van der Waals surface area contributed by atoms with Crippen molar-refractivity contribution < 1.29 is 4.74 Å². The number of piperidine rings is 1. The van der Waals surface area contributed by atoms with Gasteiger partial charge in [-0.1, -0.05) is 6.92 Å². The van der Waals surface area contributed by atoms with E-state index in [1.165, 1.54) is 32.4 Å². The maximum atomic E-state index is 5.66. The molecule has 0 saturated carbocycles. The van der Waals surface area contributed by atoms with Crippen molar-refractivity contribution in [3.8, 4) is 0 Å². The van der Waals surface area contributed by atoms with E-state index in [0.29, 0.717) is 12.1 Å². The van der Waals surface area contributed by atoms with E-state index < -0.39 is 0 Å². The van der Waals surface area contributed by atoms with Gasteiger partial charge in [-0.15, -0.1) is 24.0 Å². The largest absolute Gasteiger partial charge is 0.376 e. The average Bonchev–Trinajstić information content (AvgIpc) is 3.03. The van der Waals surface area contributed by atoms with Gasteiger partial charge in [0, 0.05) is 32.3 Å². The SMILES string of the molecule is CCNC(=NCC(C)N1CCCC(C)C1)NCC1CCCO1.I. The highest BCUT2D eigenvalue weighted by Crippen LogP contribution is 2.17. The number of nitrogens with zero attached hydrogens (tertiary/aromatic N) is 2. The Kier molecular flexibility index (Phi) is 10.5. The minimum absolute atomic E-state index is 0. The third kappa shape index (κ3) is 7.56. The number of ether oxygens (including phenoxy) is 1. The number of aliphatic imine (C=N–C) groups is 1. The summed E-state index contributed by atoms with van der Waals surface area (Å²) in [5.74, 6) is 1.75. The van der Waals surface area contributed by atoms with Crippen molar-refractivity contribution in [3.05, 3.63) is 0 Å². The average molecular weight is 438 g/mol. The highest BCUT2D eigenvalue weighted by atomic mass is 127. The van der Waals surface area contributed by atoms with Crippen molar-refractivity contribution in [1.82, 2.24) is 15.5 Å². The van der Waals surface area contributed by atoms with E-state index in [1.54, 1.807) is 0 Å². The van der Waals surface area contributed by atoms with Gasteiger partial charge in [-0.3, -0.25) is 9.89 Å². The van der Waals surface area contributed by atoms with Crippen LogP contribution in [-0.4, -0.2) is 62.3 Å². The molecule has 5 nitrogen and oxygen atoms in total. The van der Waals surface area contributed by atoms with Crippen LogP contribution in [0.5, 0.6) is 0 Å². The molecule has 2 aliphatic heterocycles. The van der Waals surface area contributed by atoms with Crippen molar-refractivity contribution >= 4 is 29.9 Å². The normalized spacial score (nSPS) is 27.3. The van der Waals surface area contributed by atoms with Gasteiger partial charge in [0.15, 0.2) is 5.96 Å². The summed E-state index contributed by atoms with van der Waals surface area (Å²) in [4.78, 5) is 7.36. The Labute approximate surface area is 159 Å².